The Morgan fingerprint density at radius 1 is 1.33 bits per heavy atom. The van der Waals surface area contributed by atoms with Gasteiger partial charge in [-0.2, -0.15) is 0 Å². The van der Waals surface area contributed by atoms with Crippen LogP contribution in [0.5, 0.6) is 0 Å². The second-order valence-electron chi connectivity index (χ2n) is 4.06. The van der Waals surface area contributed by atoms with Crippen molar-refractivity contribution in [3.05, 3.63) is 0 Å². The molecule has 86 valence electrons. The van der Waals surface area contributed by atoms with Crippen LogP contribution in [0.15, 0.2) is 0 Å². The van der Waals surface area contributed by atoms with Crippen LogP contribution < -0.4 is 10.6 Å². The maximum atomic E-state index is 11.2. The molecule has 0 aromatic carbocycles. The van der Waals surface area contributed by atoms with Crippen molar-refractivity contribution < 1.29 is 9.59 Å². The second kappa shape index (κ2) is 5.70. The van der Waals surface area contributed by atoms with Crippen LogP contribution in [-0.4, -0.2) is 49.9 Å². The van der Waals surface area contributed by atoms with Gasteiger partial charge < -0.3 is 15.5 Å². The summed E-state index contributed by atoms with van der Waals surface area (Å²) in [6.07, 6.45) is 2.64. The molecule has 1 aliphatic rings. The van der Waals surface area contributed by atoms with Crippen LogP contribution in [0.2, 0.25) is 0 Å². The van der Waals surface area contributed by atoms with Gasteiger partial charge in [-0.1, -0.05) is 0 Å². The van der Waals surface area contributed by atoms with Gasteiger partial charge in [0.05, 0.1) is 6.54 Å². The summed E-state index contributed by atoms with van der Waals surface area (Å²) in [5.74, 6) is 0.0971. The van der Waals surface area contributed by atoms with E-state index < -0.39 is 0 Å². The molecule has 0 atom stereocenters. The number of carbonyl (C=O) groups excluding carboxylic acids is 2. The smallest absolute Gasteiger partial charge is 0.234 e. The Kier molecular flexibility index (Phi) is 4.55. The van der Waals surface area contributed by atoms with E-state index in [4.69, 9.17) is 0 Å². The van der Waals surface area contributed by atoms with Crippen LogP contribution in [0.3, 0.4) is 0 Å². The SMILES string of the molecule is CN(C)C(=O)CCNCC(=O)NC1CC1. The molecule has 15 heavy (non-hydrogen) atoms. The van der Waals surface area contributed by atoms with Gasteiger partial charge in [-0.15, -0.1) is 0 Å². The average molecular weight is 213 g/mol. The maximum Gasteiger partial charge on any atom is 0.234 e. The molecule has 2 N–H and O–H groups in total. The van der Waals surface area contributed by atoms with Gasteiger partial charge in [0.1, 0.15) is 0 Å². The van der Waals surface area contributed by atoms with E-state index in [-0.39, 0.29) is 11.8 Å². The van der Waals surface area contributed by atoms with Crippen LogP contribution in [0.25, 0.3) is 0 Å². The van der Waals surface area contributed by atoms with E-state index in [9.17, 15) is 9.59 Å². The molecule has 0 aromatic heterocycles. The van der Waals surface area contributed by atoms with E-state index in [2.05, 4.69) is 10.6 Å². The summed E-state index contributed by atoms with van der Waals surface area (Å²) in [5, 5.41) is 5.81. The standard InChI is InChI=1S/C10H19N3O2/c1-13(2)10(15)5-6-11-7-9(14)12-8-3-4-8/h8,11H,3-7H2,1-2H3,(H,12,14). The molecule has 1 saturated carbocycles. The predicted octanol–water partition coefficient (Wildman–Crippen LogP) is -0.667. The summed E-state index contributed by atoms with van der Waals surface area (Å²) in [4.78, 5) is 23.9. The molecule has 0 unspecified atom stereocenters. The highest BCUT2D eigenvalue weighted by Crippen LogP contribution is 2.18. The van der Waals surface area contributed by atoms with E-state index in [0.717, 1.165) is 12.8 Å². The number of nitrogens with zero attached hydrogens (tertiary/aromatic N) is 1. The molecule has 0 aliphatic heterocycles. The van der Waals surface area contributed by atoms with Gasteiger partial charge >= 0.3 is 0 Å². The zero-order valence-electron chi connectivity index (χ0n) is 9.38. The highest BCUT2D eigenvalue weighted by atomic mass is 16.2. The highest BCUT2D eigenvalue weighted by Gasteiger charge is 2.22. The van der Waals surface area contributed by atoms with Crippen molar-refractivity contribution in [2.24, 2.45) is 0 Å². The van der Waals surface area contributed by atoms with Crippen molar-refractivity contribution in [2.75, 3.05) is 27.2 Å². The Morgan fingerprint density at radius 2 is 2.00 bits per heavy atom. The summed E-state index contributed by atoms with van der Waals surface area (Å²) in [7, 11) is 3.45. The Hall–Kier alpha value is -1.10. The first-order valence-corrected chi connectivity index (χ1v) is 5.30. The van der Waals surface area contributed by atoms with Crippen LogP contribution in [0.4, 0.5) is 0 Å². The maximum absolute atomic E-state index is 11.2. The number of hydrogen-bond acceptors (Lipinski definition) is 3. The molecular formula is C10H19N3O2. The van der Waals surface area contributed by atoms with Gasteiger partial charge in [0.25, 0.3) is 0 Å². The molecule has 0 aromatic rings. The van der Waals surface area contributed by atoms with Crippen molar-refractivity contribution in [2.45, 2.75) is 25.3 Å². The lowest BCUT2D eigenvalue weighted by Gasteiger charge is -2.10. The average Bonchev–Trinajstić information content (AvgIpc) is 2.95. The molecule has 0 heterocycles. The van der Waals surface area contributed by atoms with Gasteiger partial charge in [-0.05, 0) is 12.8 Å². The largest absolute Gasteiger partial charge is 0.352 e. The molecule has 0 saturated heterocycles. The first-order valence-electron chi connectivity index (χ1n) is 5.30. The van der Waals surface area contributed by atoms with Crippen LogP contribution >= 0.6 is 0 Å². The summed E-state index contributed by atoms with van der Waals surface area (Å²) in [6.45, 7) is 0.853. The molecule has 0 bridgehead atoms. The van der Waals surface area contributed by atoms with E-state index >= 15 is 0 Å². The molecule has 5 heteroatoms. The third-order valence-electron chi connectivity index (χ3n) is 2.24. The Balaban J connectivity index is 1.95. The molecule has 1 rings (SSSR count). The number of rotatable bonds is 6. The Bertz CT molecular complexity index is 237. The molecule has 0 radical (unpaired) electrons. The topological polar surface area (TPSA) is 61.4 Å². The van der Waals surface area contributed by atoms with E-state index in [0.29, 0.717) is 25.6 Å². The van der Waals surface area contributed by atoms with Crippen molar-refractivity contribution >= 4 is 11.8 Å². The first-order chi connectivity index (χ1) is 7.09. The fourth-order valence-corrected chi connectivity index (χ4v) is 1.13. The van der Waals surface area contributed by atoms with Crippen molar-refractivity contribution in [1.29, 1.82) is 0 Å². The molecule has 2 amide bonds. The fraction of sp³-hybridized carbons (Fsp3) is 0.800. The Morgan fingerprint density at radius 3 is 2.53 bits per heavy atom. The minimum atomic E-state index is 0.0230. The second-order valence-corrected chi connectivity index (χ2v) is 4.06. The lowest BCUT2D eigenvalue weighted by atomic mass is 10.4. The number of hydrogen-bond donors (Lipinski definition) is 2. The van der Waals surface area contributed by atoms with Crippen molar-refractivity contribution in [3.8, 4) is 0 Å². The Labute approximate surface area is 90.2 Å². The van der Waals surface area contributed by atoms with E-state index in [1.165, 1.54) is 0 Å². The van der Waals surface area contributed by atoms with Crippen molar-refractivity contribution in [3.63, 3.8) is 0 Å². The van der Waals surface area contributed by atoms with E-state index in [1.807, 2.05) is 0 Å². The number of nitrogens with one attached hydrogen (secondary N) is 2. The fourth-order valence-electron chi connectivity index (χ4n) is 1.13. The third kappa shape index (κ3) is 5.37. The summed E-state index contributed by atoms with van der Waals surface area (Å²) >= 11 is 0. The molecule has 5 nitrogen and oxygen atoms in total. The molecule has 1 aliphatic carbocycles. The minimum Gasteiger partial charge on any atom is -0.352 e. The van der Waals surface area contributed by atoms with Crippen molar-refractivity contribution in [1.82, 2.24) is 15.5 Å². The number of amides is 2. The molecule has 0 spiro atoms. The van der Waals surface area contributed by atoms with Gasteiger partial charge in [0.2, 0.25) is 11.8 Å². The summed E-state index contributed by atoms with van der Waals surface area (Å²) in [6, 6.07) is 0.405. The zero-order chi connectivity index (χ0) is 11.3. The summed E-state index contributed by atoms with van der Waals surface area (Å²) in [5.41, 5.74) is 0. The lowest BCUT2D eigenvalue weighted by Crippen LogP contribution is -2.36. The van der Waals surface area contributed by atoms with E-state index in [1.54, 1.807) is 19.0 Å². The quantitative estimate of drug-likeness (QED) is 0.575. The normalized spacial score (nSPS) is 14.8. The van der Waals surface area contributed by atoms with Gasteiger partial charge in [0.15, 0.2) is 0 Å². The zero-order valence-corrected chi connectivity index (χ0v) is 9.38. The summed E-state index contributed by atoms with van der Waals surface area (Å²) < 4.78 is 0. The molecular weight excluding hydrogens is 194 g/mol. The minimum absolute atomic E-state index is 0.0230. The lowest BCUT2D eigenvalue weighted by molar-refractivity contribution is -0.128. The van der Waals surface area contributed by atoms with Gasteiger partial charge in [-0.3, -0.25) is 9.59 Å². The third-order valence-corrected chi connectivity index (χ3v) is 2.24. The highest BCUT2D eigenvalue weighted by molar-refractivity contribution is 5.79. The molecule has 1 fully saturated rings. The first kappa shape index (κ1) is 12.0. The van der Waals surface area contributed by atoms with Gasteiger partial charge in [0, 0.05) is 33.1 Å². The van der Waals surface area contributed by atoms with Crippen LogP contribution in [0, 0.1) is 0 Å². The van der Waals surface area contributed by atoms with Gasteiger partial charge in [-0.25, -0.2) is 0 Å². The van der Waals surface area contributed by atoms with Crippen LogP contribution in [0.1, 0.15) is 19.3 Å². The predicted molar refractivity (Wildman–Crippen MR) is 57.3 cm³/mol. The number of carbonyl (C=O) groups is 2. The van der Waals surface area contributed by atoms with Crippen LogP contribution in [-0.2, 0) is 9.59 Å². The monoisotopic (exact) mass is 213 g/mol.